The maximum atomic E-state index is 11.8. The number of aliphatic hydroxyl groups is 1. The van der Waals surface area contributed by atoms with Crippen LogP contribution in [0.3, 0.4) is 0 Å². The highest BCUT2D eigenvalue weighted by molar-refractivity contribution is 5.97. The molecule has 17 heavy (non-hydrogen) atoms. The zero-order valence-electron chi connectivity index (χ0n) is 9.68. The van der Waals surface area contributed by atoms with Gasteiger partial charge in [-0.2, -0.15) is 5.10 Å². The van der Waals surface area contributed by atoms with Crippen molar-refractivity contribution in [1.29, 1.82) is 0 Å². The summed E-state index contributed by atoms with van der Waals surface area (Å²) in [7, 11) is 1.84. The van der Waals surface area contributed by atoms with Crippen molar-refractivity contribution in [3.8, 4) is 0 Å². The average Bonchev–Trinajstić information content (AvgIpc) is 2.71. The summed E-state index contributed by atoms with van der Waals surface area (Å²) in [5.74, 6) is -0.124. The predicted octanol–water partition coefficient (Wildman–Crippen LogP) is 0.685. The van der Waals surface area contributed by atoms with Crippen molar-refractivity contribution in [3.63, 3.8) is 0 Å². The topological polar surface area (TPSA) is 67.2 Å². The quantitative estimate of drug-likeness (QED) is 0.763. The van der Waals surface area contributed by atoms with Gasteiger partial charge in [-0.25, -0.2) is 0 Å². The molecule has 0 spiro atoms. The number of rotatable bonds is 4. The van der Waals surface area contributed by atoms with Crippen LogP contribution >= 0.6 is 0 Å². The van der Waals surface area contributed by atoms with E-state index in [1.165, 1.54) is 0 Å². The first-order valence-corrected chi connectivity index (χ1v) is 5.53. The van der Waals surface area contributed by atoms with E-state index in [2.05, 4.69) is 10.4 Å². The van der Waals surface area contributed by atoms with E-state index in [1.807, 2.05) is 19.2 Å². The molecule has 0 aliphatic rings. The van der Waals surface area contributed by atoms with Crippen LogP contribution < -0.4 is 5.32 Å². The summed E-state index contributed by atoms with van der Waals surface area (Å²) >= 11 is 0. The minimum Gasteiger partial charge on any atom is -0.396 e. The van der Waals surface area contributed by atoms with E-state index in [9.17, 15) is 4.79 Å². The molecule has 2 rings (SSSR count). The van der Waals surface area contributed by atoms with Gasteiger partial charge in [0.15, 0.2) is 0 Å². The summed E-state index contributed by atoms with van der Waals surface area (Å²) in [6.45, 7) is 0.569. The molecular weight excluding hydrogens is 218 g/mol. The van der Waals surface area contributed by atoms with Gasteiger partial charge in [-0.15, -0.1) is 0 Å². The van der Waals surface area contributed by atoms with Crippen molar-refractivity contribution in [3.05, 3.63) is 30.0 Å². The fraction of sp³-hybridized carbons (Fsp3) is 0.333. The Morgan fingerprint density at radius 2 is 2.35 bits per heavy atom. The minimum atomic E-state index is -0.124. The molecule has 5 nitrogen and oxygen atoms in total. The van der Waals surface area contributed by atoms with E-state index in [-0.39, 0.29) is 12.5 Å². The van der Waals surface area contributed by atoms with E-state index in [1.54, 1.807) is 16.9 Å². The Bertz CT molecular complexity index is 534. The number of amides is 1. The standard InChI is InChI=1S/C12H15N3O2/c1-15-11-7-9(3-4-10(11)8-14-15)12(17)13-5-2-6-16/h3-4,7-8,16H,2,5-6H2,1H3,(H,13,17). The first-order chi connectivity index (χ1) is 8.22. The van der Waals surface area contributed by atoms with Gasteiger partial charge < -0.3 is 10.4 Å². The Kier molecular flexibility index (Phi) is 3.39. The molecule has 0 aliphatic heterocycles. The zero-order chi connectivity index (χ0) is 12.3. The summed E-state index contributed by atoms with van der Waals surface area (Å²) in [6.07, 6.45) is 2.34. The Morgan fingerprint density at radius 3 is 3.12 bits per heavy atom. The number of carbonyl (C=O) groups is 1. The molecule has 1 aromatic carbocycles. The van der Waals surface area contributed by atoms with Crippen LogP contribution in [0, 0.1) is 0 Å². The highest BCUT2D eigenvalue weighted by atomic mass is 16.3. The van der Waals surface area contributed by atoms with Gasteiger partial charge in [0.1, 0.15) is 0 Å². The van der Waals surface area contributed by atoms with Gasteiger partial charge >= 0.3 is 0 Å². The second-order valence-corrected chi connectivity index (χ2v) is 3.87. The number of hydrogen-bond donors (Lipinski definition) is 2. The smallest absolute Gasteiger partial charge is 0.251 e. The van der Waals surface area contributed by atoms with Crippen molar-refractivity contribution < 1.29 is 9.90 Å². The largest absolute Gasteiger partial charge is 0.396 e. The fourth-order valence-corrected chi connectivity index (χ4v) is 1.67. The van der Waals surface area contributed by atoms with Crippen LogP contribution in [0.5, 0.6) is 0 Å². The molecule has 0 unspecified atom stereocenters. The first kappa shape index (κ1) is 11.6. The lowest BCUT2D eigenvalue weighted by Crippen LogP contribution is -2.24. The van der Waals surface area contributed by atoms with Crippen molar-refractivity contribution in [2.24, 2.45) is 7.05 Å². The molecular formula is C12H15N3O2. The lowest BCUT2D eigenvalue weighted by atomic mass is 10.1. The number of carbonyl (C=O) groups excluding carboxylic acids is 1. The molecule has 0 bridgehead atoms. The van der Waals surface area contributed by atoms with Gasteiger partial charge in [0.2, 0.25) is 0 Å². The minimum absolute atomic E-state index is 0.0844. The van der Waals surface area contributed by atoms with Gasteiger partial charge in [-0.05, 0) is 18.6 Å². The molecule has 1 amide bonds. The van der Waals surface area contributed by atoms with Gasteiger partial charge in [0, 0.05) is 31.1 Å². The number of nitrogens with zero attached hydrogens (tertiary/aromatic N) is 2. The summed E-state index contributed by atoms with van der Waals surface area (Å²) in [6, 6.07) is 5.47. The molecule has 0 aliphatic carbocycles. The Balaban J connectivity index is 2.17. The number of nitrogens with one attached hydrogen (secondary N) is 1. The Labute approximate surface area is 99.1 Å². The normalized spacial score (nSPS) is 10.7. The van der Waals surface area contributed by atoms with Crippen LogP contribution in [-0.4, -0.2) is 33.9 Å². The number of aryl methyl sites for hydroxylation is 1. The summed E-state index contributed by atoms with van der Waals surface area (Å²) in [4.78, 5) is 11.8. The number of benzene rings is 1. The van der Waals surface area contributed by atoms with Crippen molar-refractivity contribution in [1.82, 2.24) is 15.1 Å². The van der Waals surface area contributed by atoms with Gasteiger partial charge in [0.25, 0.3) is 5.91 Å². The molecule has 90 valence electrons. The lowest BCUT2D eigenvalue weighted by molar-refractivity contribution is 0.0951. The molecule has 0 fully saturated rings. The molecule has 5 heteroatoms. The number of hydrogen-bond acceptors (Lipinski definition) is 3. The molecule has 1 heterocycles. The second kappa shape index (κ2) is 4.97. The molecule has 0 saturated carbocycles. The first-order valence-electron chi connectivity index (χ1n) is 5.53. The number of fused-ring (bicyclic) bond motifs is 1. The van der Waals surface area contributed by atoms with Crippen molar-refractivity contribution in [2.45, 2.75) is 6.42 Å². The van der Waals surface area contributed by atoms with Crippen LogP contribution in [0.25, 0.3) is 10.9 Å². The van der Waals surface area contributed by atoms with Crippen LogP contribution in [-0.2, 0) is 7.05 Å². The van der Waals surface area contributed by atoms with Crippen LogP contribution in [0.1, 0.15) is 16.8 Å². The monoisotopic (exact) mass is 233 g/mol. The van der Waals surface area contributed by atoms with Crippen molar-refractivity contribution in [2.75, 3.05) is 13.2 Å². The van der Waals surface area contributed by atoms with E-state index < -0.39 is 0 Å². The van der Waals surface area contributed by atoms with E-state index >= 15 is 0 Å². The second-order valence-electron chi connectivity index (χ2n) is 3.87. The van der Waals surface area contributed by atoms with E-state index in [0.29, 0.717) is 18.5 Å². The molecule has 2 aromatic rings. The SMILES string of the molecule is Cn1ncc2ccc(C(=O)NCCCO)cc21. The molecule has 0 saturated heterocycles. The Hall–Kier alpha value is -1.88. The fourth-order valence-electron chi connectivity index (χ4n) is 1.67. The van der Waals surface area contributed by atoms with Crippen LogP contribution in [0.4, 0.5) is 0 Å². The molecule has 0 radical (unpaired) electrons. The summed E-state index contributed by atoms with van der Waals surface area (Å²) in [5.41, 5.74) is 1.54. The third kappa shape index (κ3) is 2.45. The predicted molar refractivity (Wildman–Crippen MR) is 64.8 cm³/mol. The van der Waals surface area contributed by atoms with Crippen LogP contribution in [0.15, 0.2) is 24.4 Å². The van der Waals surface area contributed by atoms with Gasteiger partial charge in [-0.3, -0.25) is 9.48 Å². The number of aromatic nitrogens is 2. The summed E-state index contributed by atoms with van der Waals surface area (Å²) in [5, 5.41) is 16.5. The van der Waals surface area contributed by atoms with Gasteiger partial charge in [-0.1, -0.05) is 6.07 Å². The third-order valence-electron chi connectivity index (χ3n) is 2.63. The molecule has 1 aromatic heterocycles. The zero-order valence-corrected chi connectivity index (χ0v) is 9.68. The Morgan fingerprint density at radius 1 is 1.53 bits per heavy atom. The van der Waals surface area contributed by atoms with Crippen molar-refractivity contribution >= 4 is 16.8 Å². The highest BCUT2D eigenvalue weighted by Crippen LogP contribution is 2.14. The van der Waals surface area contributed by atoms with E-state index in [0.717, 1.165) is 10.9 Å². The summed E-state index contributed by atoms with van der Waals surface area (Å²) < 4.78 is 1.74. The maximum Gasteiger partial charge on any atom is 0.251 e. The van der Waals surface area contributed by atoms with Gasteiger partial charge in [0.05, 0.1) is 11.7 Å². The average molecular weight is 233 g/mol. The maximum absolute atomic E-state index is 11.8. The van der Waals surface area contributed by atoms with Crippen LogP contribution in [0.2, 0.25) is 0 Å². The molecule has 0 atom stereocenters. The number of aliphatic hydroxyl groups excluding tert-OH is 1. The lowest BCUT2D eigenvalue weighted by Gasteiger charge is -2.04. The molecule has 2 N–H and O–H groups in total. The van der Waals surface area contributed by atoms with E-state index in [4.69, 9.17) is 5.11 Å². The third-order valence-corrected chi connectivity index (χ3v) is 2.63. The highest BCUT2D eigenvalue weighted by Gasteiger charge is 2.07.